The van der Waals surface area contributed by atoms with Crippen LogP contribution in [0.4, 0.5) is 5.69 Å². The Labute approximate surface area is 112 Å². The first-order valence-corrected chi connectivity index (χ1v) is 6.37. The van der Waals surface area contributed by atoms with Crippen molar-refractivity contribution in [3.05, 3.63) is 39.6 Å². The lowest BCUT2D eigenvalue weighted by molar-refractivity contribution is -0.385. The molecule has 1 fully saturated rings. The monoisotopic (exact) mass is 262 g/mol. The first-order valence-electron chi connectivity index (χ1n) is 6.37. The first-order chi connectivity index (χ1) is 9.11. The number of nitrogens with zero attached hydrogens (tertiary/aromatic N) is 2. The van der Waals surface area contributed by atoms with Gasteiger partial charge in [-0.25, -0.2) is 0 Å². The van der Waals surface area contributed by atoms with Crippen LogP contribution in [-0.4, -0.2) is 30.0 Å². The van der Waals surface area contributed by atoms with Crippen LogP contribution in [0.5, 0.6) is 5.75 Å². The highest BCUT2D eigenvalue weighted by Gasteiger charge is 2.15. The summed E-state index contributed by atoms with van der Waals surface area (Å²) in [5.74, 6) is 0.673. The molecule has 0 aromatic heterocycles. The van der Waals surface area contributed by atoms with Crippen LogP contribution < -0.4 is 4.74 Å². The molecule has 1 aromatic rings. The summed E-state index contributed by atoms with van der Waals surface area (Å²) in [6.45, 7) is 3.85. The van der Waals surface area contributed by atoms with Gasteiger partial charge in [0.05, 0.1) is 17.6 Å². The number of nitro benzene ring substituents is 1. The molecule has 0 N–H and O–H groups in total. The predicted molar refractivity (Wildman–Crippen MR) is 74.2 cm³/mol. The van der Waals surface area contributed by atoms with Crippen molar-refractivity contribution in [1.29, 1.82) is 0 Å². The third-order valence-electron chi connectivity index (χ3n) is 3.35. The molecule has 5 heteroatoms. The lowest BCUT2D eigenvalue weighted by atomic mass is 10.1. The smallest absolute Gasteiger partial charge is 0.277 e. The maximum atomic E-state index is 11.1. The van der Waals surface area contributed by atoms with Gasteiger partial charge in [0.2, 0.25) is 0 Å². The standard InChI is InChI=1S/C14H18N2O3/c1-11-9-13(16(17)18)12(10-14(11)19-2)5-8-15-6-3-4-7-15/h5,8-10H,3-4,6-7H2,1-2H3. The Balaban J connectivity index is 2.33. The van der Waals surface area contributed by atoms with E-state index in [0.717, 1.165) is 18.7 Å². The minimum atomic E-state index is -0.351. The molecular formula is C14H18N2O3. The van der Waals surface area contributed by atoms with E-state index in [-0.39, 0.29) is 10.6 Å². The molecule has 0 atom stereocenters. The van der Waals surface area contributed by atoms with Crippen molar-refractivity contribution in [2.75, 3.05) is 20.2 Å². The maximum absolute atomic E-state index is 11.1. The third kappa shape index (κ3) is 3.05. The summed E-state index contributed by atoms with van der Waals surface area (Å²) in [6, 6.07) is 3.28. The number of aryl methyl sites for hydroxylation is 1. The summed E-state index contributed by atoms with van der Waals surface area (Å²) in [7, 11) is 1.57. The van der Waals surface area contributed by atoms with Gasteiger partial charge in [0, 0.05) is 19.2 Å². The van der Waals surface area contributed by atoms with Gasteiger partial charge in [-0.2, -0.15) is 0 Å². The summed E-state index contributed by atoms with van der Waals surface area (Å²) in [6.07, 6.45) is 6.10. The Morgan fingerprint density at radius 2 is 2.05 bits per heavy atom. The van der Waals surface area contributed by atoms with Crippen LogP contribution in [0.25, 0.3) is 6.08 Å². The van der Waals surface area contributed by atoms with Gasteiger partial charge >= 0.3 is 0 Å². The SMILES string of the molecule is COc1cc(C=CN2CCCC2)c([N+](=O)[O-])cc1C. The molecule has 1 heterocycles. The lowest BCUT2D eigenvalue weighted by Crippen LogP contribution is -2.10. The molecule has 19 heavy (non-hydrogen) atoms. The van der Waals surface area contributed by atoms with Crippen LogP contribution in [0.3, 0.4) is 0 Å². The van der Waals surface area contributed by atoms with Crippen LogP contribution >= 0.6 is 0 Å². The van der Waals surface area contributed by atoms with E-state index in [1.807, 2.05) is 6.20 Å². The quantitative estimate of drug-likeness (QED) is 0.618. The molecule has 5 nitrogen and oxygen atoms in total. The van der Waals surface area contributed by atoms with Crippen LogP contribution in [0, 0.1) is 17.0 Å². The molecule has 0 saturated carbocycles. The van der Waals surface area contributed by atoms with Gasteiger partial charge in [-0.3, -0.25) is 10.1 Å². The normalized spacial score (nSPS) is 15.2. The van der Waals surface area contributed by atoms with Crippen molar-refractivity contribution in [2.24, 2.45) is 0 Å². The van der Waals surface area contributed by atoms with Crippen molar-refractivity contribution in [2.45, 2.75) is 19.8 Å². The van der Waals surface area contributed by atoms with Gasteiger partial charge < -0.3 is 9.64 Å². The molecule has 2 rings (SSSR count). The summed E-state index contributed by atoms with van der Waals surface area (Å²) in [5.41, 5.74) is 1.47. The Morgan fingerprint density at radius 3 is 2.63 bits per heavy atom. The van der Waals surface area contributed by atoms with Gasteiger partial charge in [0.25, 0.3) is 5.69 Å². The molecule has 1 aliphatic heterocycles. The zero-order valence-electron chi connectivity index (χ0n) is 11.3. The van der Waals surface area contributed by atoms with Gasteiger partial charge in [-0.15, -0.1) is 0 Å². The molecule has 0 radical (unpaired) electrons. The summed E-state index contributed by atoms with van der Waals surface area (Å²) < 4.78 is 5.22. The Bertz CT molecular complexity index is 506. The number of benzene rings is 1. The van der Waals surface area contributed by atoms with E-state index in [0.29, 0.717) is 11.3 Å². The fourth-order valence-electron chi connectivity index (χ4n) is 2.28. The molecule has 102 valence electrons. The minimum Gasteiger partial charge on any atom is -0.496 e. The number of likely N-dealkylation sites (tertiary alicyclic amines) is 1. The molecule has 0 bridgehead atoms. The van der Waals surface area contributed by atoms with E-state index in [1.54, 1.807) is 32.2 Å². The van der Waals surface area contributed by atoms with Crippen molar-refractivity contribution in [1.82, 2.24) is 4.90 Å². The largest absolute Gasteiger partial charge is 0.496 e. The predicted octanol–water partition coefficient (Wildman–Crippen LogP) is 2.98. The molecule has 0 aliphatic carbocycles. The van der Waals surface area contributed by atoms with Gasteiger partial charge in [-0.1, -0.05) is 0 Å². The average Bonchev–Trinajstić information content (AvgIpc) is 2.89. The molecule has 0 unspecified atom stereocenters. The van der Waals surface area contributed by atoms with E-state index in [9.17, 15) is 10.1 Å². The topological polar surface area (TPSA) is 55.6 Å². The van der Waals surface area contributed by atoms with Crippen LogP contribution in [0.15, 0.2) is 18.3 Å². The van der Waals surface area contributed by atoms with Crippen LogP contribution in [0.1, 0.15) is 24.0 Å². The fourth-order valence-corrected chi connectivity index (χ4v) is 2.28. The van der Waals surface area contributed by atoms with Gasteiger partial charge in [0.1, 0.15) is 5.75 Å². The van der Waals surface area contributed by atoms with E-state index in [4.69, 9.17) is 4.74 Å². The van der Waals surface area contributed by atoms with E-state index in [1.165, 1.54) is 12.8 Å². The van der Waals surface area contributed by atoms with Gasteiger partial charge in [0.15, 0.2) is 0 Å². The van der Waals surface area contributed by atoms with E-state index >= 15 is 0 Å². The molecular weight excluding hydrogens is 244 g/mol. The number of hydrogen-bond acceptors (Lipinski definition) is 4. The lowest BCUT2D eigenvalue weighted by Gasteiger charge is -2.11. The zero-order valence-corrected chi connectivity index (χ0v) is 11.3. The van der Waals surface area contributed by atoms with E-state index < -0.39 is 0 Å². The van der Waals surface area contributed by atoms with Crippen molar-refractivity contribution >= 4 is 11.8 Å². The van der Waals surface area contributed by atoms with Crippen LogP contribution in [-0.2, 0) is 0 Å². The fraction of sp³-hybridized carbons (Fsp3) is 0.429. The number of ether oxygens (including phenoxy) is 1. The first kappa shape index (κ1) is 13.4. The van der Waals surface area contributed by atoms with Gasteiger partial charge in [-0.05, 0) is 43.7 Å². The van der Waals surface area contributed by atoms with Crippen molar-refractivity contribution < 1.29 is 9.66 Å². The summed E-state index contributed by atoms with van der Waals surface area (Å²) >= 11 is 0. The second kappa shape index (κ2) is 5.73. The minimum absolute atomic E-state index is 0.119. The highest BCUT2D eigenvalue weighted by molar-refractivity contribution is 5.64. The second-order valence-electron chi connectivity index (χ2n) is 4.70. The highest BCUT2D eigenvalue weighted by atomic mass is 16.6. The van der Waals surface area contributed by atoms with E-state index in [2.05, 4.69) is 4.90 Å². The molecule has 1 saturated heterocycles. The van der Waals surface area contributed by atoms with Crippen molar-refractivity contribution in [3.8, 4) is 5.75 Å². The summed E-state index contributed by atoms with van der Waals surface area (Å²) in [4.78, 5) is 12.9. The zero-order chi connectivity index (χ0) is 13.8. The number of rotatable bonds is 4. The highest BCUT2D eigenvalue weighted by Crippen LogP contribution is 2.29. The Kier molecular flexibility index (Phi) is 4.04. The summed E-state index contributed by atoms with van der Waals surface area (Å²) in [5, 5.41) is 11.1. The maximum Gasteiger partial charge on any atom is 0.277 e. The molecule has 1 aliphatic rings. The molecule has 0 amide bonds. The van der Waals surface area contributed by atoms with Crippen molar-refractivity contribution in [3.63, 3.8) is 0 Å². The Hall–Kier alpha value is -2.04. The number of hydrogen-bond donors (Lipinski definition) is 0. The molecule has 0 spiro atoms. The number of methoxy groups -OCH3 is 1. The Morgan fingerprint density at radius 1 is 1.37 bits per heavy atom. The third-order valence-corrected chi connectivity index (χ3v) is 3.35. The average molecular weight is 262 g/mol. The second-order valence-corrected chi connectivity index (χ2v) is 4.70. The molecule has 1 aromatic carbocycles. The number of nitro groups is 1. The van der Waals surface area contributed by atoms with Crippen LogP contribution in [0.2, 0.25) is 0 Å².